The number of carbonyl (C=O) groups is 1. The standard InChI is InChI=1S/C22H44O2.C15H34N2/c1-2-3-4-5-6-7-8-9-10-11-12-13-14-15-16-17-18-19-20-21-22(23)24;1-4-5-6-7-8-9-10-11-13-16-14-12-15-17(2)3/h2-21H2,1H3,(H,23,24);16H,4-15H2,1-3H3. The van der Waals surface area contributed by atoms with Crippen LogP contribution in [0, 0.1) is 0 Å². The molecule has 0 unspecified atom stereocenters. The third-order valence-corrected chi connectivity index (χ3v) is 8.16. The summed E-state index contributed by atoms with van der Waals surface area (Å²) in [5.74, 6) is -0.651. The molecule has 0 aromatic rings. The number of unbranched alkanes of at least 4 members (excludes halogenated alkanes) is 25. The van der Waals surface area contributed by atoms with Crippen molar-refractivity contribution in [2.24, 2.45) is 0 Å². The molecule has 4 heteroatoms. The van der Waals surface area contributed by atoms with Gasteiger partial charge in [-0.25, -0.2) is 0 Å². The number of hydrogen-bond donors (Lipinski definition) is 2. The molecule has 0 aliphatic rings. The van der Waals surface area contributed by atoms with E-state index >= 15 is 0 Å². The smallest absolute Gasteiger partial charge is 0.303 e. The predicted octanol–water partition coefficient (Wildman–Crippen LogP) is 11.6. The average molecular weight is 583 g/mol. The minimum atomic E-state index is -0.651. The zero-order valence-corrected chi connectivity index (χ0v) is 28.9. The van der Waals surface area contributed by atoms with Crippen LogP contribution in [0.5, 0.6) is 0 Å². The molecule has 0 saturated heterocycles. The molecule has 248 valence electrons. The van der Waals surface area contributed by atoms with Crippen LogP contribution in [0.25, 0.3) is 0 Å². The molecule has 0 aliphatic heterocycles. The summed E-state index contributed by atoms with van der Waals surface area (Å²) in [5.41, 5.74) is 0. The summed E-state index contributed by atoms with van der Waals surface area (Å²) in [6.45, 7) is 8.15. The fraction of sp³-hybridized carbons (Fsp3) is 0.973. The Morgan fingerprint density at radius 2 is 0.756 bits per heavy atom. The van der Waals surface area contributed by atoms with Crippen molar-refractivity contribution >= 4 is 5.97 Å². The lowest BCUT2D eigenvalue weighted by atomic mass is 10.0. The molecule has 0 aromatic heterocycles. The normalized spacial score (nSPS) is 11.1. The molecule has 0 saturated carbocycles. The Morgan fingerprint density at radius 3 is 1.07 bits per heavy atom. The lowest BCUT2D eigenvalue weighted by Crippen LogP contribution is -2.22. The first-order valence-electron chi connectivity index (χ1n) is 18.6. The Hall–Kier alpha value is -0.610. The van der Waals surface area contributed by atoms with Crippen LogP contribution in [-0.2, 0) is 4.79 Å². The minimum Gasteiger partial charge on any atom is -0.481 e. The highest BCUT2D eigenvalue weighted by Crippen LogP contribution is 2.15. The van der Waals surface area contributed by atoms with Gasteiger partial charge in [0.1, 0.15) is 0 Å². The van der Waals surface area contributed by atoms with Gasteiger partial charge >= 0.3 is 5.97 Å². The summed E-state index contributed by atoms with van der Waals surface area (Å²) in [6.07, 6.45) is 38.7. The highest BCUT2D eigenvalue weighted by molar-refractivity contribution is 5.66. The number of carboxylic acids is 1. The van der Waals surface area contributed by atoms with Crippen LogP contribution in [0.2, 0.25) is 0 Å². The maximum absolute atomic E-state index is 10.4. The molecular formula is C37H78N2O2. The lowest BCUT2D eigenvalue weighted by molar-refractivity contribution is -0.137. The van der Waals surface area contributed by atoms with E-state index in [4.69, 9.17) is 5.11 Å². The summed E-state index contributed by atoms with van der Waals surface area (Å²) in [7, 11) is 4.27. The van der Waals surface area contributed by atoms with Crippen LogP contribution < -0.4 is 5.32 Å². The summed E-state index contributed by atoms with van der Waals surface area (Å²) < 4.78 is 0. The Bertz CT molecular complexity index is 470. The number of carboxylic acid groups (broad SMARTS) is 1. The molecule has 0 aliphatic carbocycles. The zero-order chi connectivity index (χ0) is 30.5. The minimum absolute atomic E-state index is 0.346. The number of nitrogens with one attached hydrogen (secondary N) is 1. The summed E-state index contributed by atoms with van der Waals surface area (Å²) in [6, 6.07) is 0. The second-order valence-electron chi connectivity index (χ2n) is 12.9. The maximum atomic E-state index is 10.4. The van der Waals surface area contributed by atoms with Gasteiger partial charge < -0.3 is 15.3 Å². The van der Waals surface area contributed by atoms with Crippen LogP contribution in [0.3, 0.4) is 0 Å². The second-order valence-corrected chi connectivity index (χ2v) is 12.9. The molecule has 0 heterocycles. The van der Waals surface area contributed by atoms with E-state index in [1.54, 1.807) is 0 Å². The van der Waals surface area contributed by atoms with Gasteiger partial charge in [-0.1, -0.05) is 174 Å². The number of hydrogen-bond acceptors (Lipinski definition) is 3. The van der Waals surface area contributed by atoms with Crippen LogP contribution in [0.1, 0.15) is 200 Å². The Kier molecular flexibility index (Phi) is 40.9. The monoisotopic (exact) mass is 583 g/mol. The van der Waals surface area contributed by atoms with Crippen molar-refractivity contribution in [3.8, 4) is 0 Å². The summed E-state index contributed by atoms with van der Waals surface area (Å²) in [5, 5.41) is 12.1. The van der Waals surface area contributed by atoms with Gasteiger partial charge in [-0.3, -0.25) is 4.79 Å². The molecule has 2 N–H and O–H groups in total. The fourth-order valence-electron chi connectivity index (χ4n) is 5.38. The van der Waals surface area contributed by atoms with Gasteiger partial charge in [-0.05, 0) is 53.0 Å². The SMILES string of the molecule is CCCCCCCCCCCCCCCCCCCCCC(=O)O.CCCCCCCCCCNCCCN(C)C. The average Bonchev–Trinajstić information content (AvgIpc) is 2.95. The molecular weight excluding hydrogens is 504 g/mol. The van der Waals surface area contributed by atoms with Gasteiger partial charge in [0.25, 0.3) is 0 Å². The molecule has 0 bridgehead atoms. The summed E-state index contributed by atoms with van der Waals surface area (Å²) >= 11 is 0. The molecule has 0 spiro atoms. The van der Waals surface area contributed by atoms with E-state index in [1.165, 1.54) is 187 Å². The first-order valence-corrected chi connectivity index (χ1v) is 18.6. The molecule has 0 fully saturated rings. The lowest BCUT2D eigenvalue weighted by Gasteiger charge is -2.09. The topological polar surface area (TPSA) is 52.6 Å². The Morgan fingerprint density at radius 1 is 0.463 bits per heavy atom. The largest absolute Gasteiger partial charge is 0.481 e. The maximum Gasteiger partial charge on any atom is 0.303 e. The molecule has 4 nitrogen and oxygen atoms in total. The van der Waals surface area contributed by atoms with Gasteiger partial charge in [0.2, 0.25) is 0 Å². The predicted molar refractivity (Wildman–Crippen MR) is 184 cm³/mol. The highest BCUT2D eigenvalue weighted by Gasteiger charge is 1.98. The third kappa shape index (κ3) is 46.6. The van der Waals surface area contributed by atoms with Crippen molar-refractivity contribution < 1.29 is 9.90 Å². The highest BCUT2D eigenvalue weighted by atomic mass is 16.4. The Labute approximate surface area is 259 Å². The van der Waals surface area contributed by atoms with Gasteiger partial charge in [0.05, 0.1) is 0 Å². The van der Waals surface area contributed by atoms with Gasteiger partial charge in [-0.15, -0.1) is 0 Å². The van der Waals surface area contributed by atoms with Gasteiger partial charge in [-0.2, -0.15) is 0 Å². The van der Waals surface area contributed by atoms with Crippen molar-refractivity contribution in [2.45, 2.75) is 200 Å². The van der Waals surface area contributed by atoms with Crippen molar-refractivity contribution in [1.29, 1.82) is 0 Å². The van der Waals surface area contributed by atoms with E-state index in [-0.39, 0.29) is 0 Å². The van der Waals surface area contributed by atoms with Crippen molar-refractivity contribution in [2.75, 3.05) is 33.7 Å². The van der Waals surface area contributed by atoms with Crippen LogP contribution in [-0.4, -0.2) is 49.7 Å². The van der Waals surface area contributed by atoms with E-state index < -0.39 is 5.97 Å². The first-order chi connectivity index (χ1) is 20.0. The van der Waals surface area contributed by atoms with Crippen molar-refractivity contribution in [3.05, 3.63) is 0 Å². The summed E-state index contributed by atoms with van der Waals surface area (Å²) in [4.78, 5) is 12.6. The van der Waals surface area contributed by atoms with Gasteiger partial charge in [0.15, 0.2) is 0 Å². The van der Waals surface area contributed by atoms with Crippen molar-refractivity contribution in [1.82, 2.24) is 10.2 Å². The first kappa shape index (κ1) is 42.5. The Balaban J connectivity index is 0. The molecule has 0 atom stereocenters. The van der Waals surface area contributed by atoms with E-state index in [9.17, 15) is 4.79 Å². The quantitative estimate of drug-likeness (QED) is 0.0756. The molecule has 0 aromatic carbocycles. The van der Waals surface area contributed by atoms with E-state index in [0.29, 0.717) is 6.42 Å². The second kappa shape index (κ2) is 39.4. The molecule has 0 rings (SSSR count). The van der Waals surface area contributed by atoms with Crippen LogP contribution in [0.4, 0.5) is 0 Å². The number of nitrogens with zero attached hydrogens (tertiary/aromatic N) is 1. The zero-order valence-electron chi connectivity index (χ0n) is 28.9. The van der Waals surface area contributed by atoms with E-state index in [0.717, 1.165) is 12.8 Å². The number of rotatable bonds is 33. The van der Waals surface area contributed by atoms with E-state index in [2.05, 4.69) is 38.2 Å². The van der Waals surface area contributed by atoms with E-state index in [1.807, 2.05) is 0 Å². The van der Waals surface area contributed by atoms with Crippen LogP contribution in [0.15, 0.2) is 0 Å². The van der Waals surface area contributed by atoms with Gasteiger partial charge in [0, 0.05) is 6.42 Å². The fourth-order valence-corrected chi connectivity index (χ4v) is 5.38. The molecule has 41 heavy (non-hydrogen) atoms. The third-order valence-electron chi connectivity index (χ3n) is 8.16. The molecule has 0 amide bonds. The van der Waals surface area contributed by atoms with Crippen LogP contribution >= 0.6 is 0 Å². The van der Waals surface area contributed by atoms with Crippen molar-refractivity contribution in [3.63, 3.8) is 0 Å². The molecule has 0 radical (unpaired) electrons. The number of aliphatic carboxylic acids is 1.